The summed E-state index contributed by atoms with van der Waals surface area (Å²) in [6.07, 6.45) is 0.628. The van der Waals surface area contributed by atoms with Crippen LogP contribution in [0.5, 0.6) is 11.5 Å². The highest BCUT2D eigenvalue weighted by Gasteiger charge is 2.34. The normalized spacial score (nSPS) is 15.3. The van der Waals surface area contributed by atoms with Gasteiger partial charge in [0.25, 0.3) is 0 Å². The molecule has 1 aliphatic heterocycles. The van der Waals surface area contributed by atoms with Crippen molar-refractivity contribution < 1.29 is 18.7 Å². The van der Waals surface area contributed by atoms with Gasteiger partial charge in [0.15, 0.2) is 11.5 Å². The first-order valence-corrected chi connectivity index (χ1v) is 9.74. The molecule has 154 valence electrons. The molecule has 1 aliphatic rings. The van der Waals surface area contributed by atoms with Gasteiger partial charge in [0.2, 0.25) is 0 Å². The molecule has 3 aromatic carbocycles. The van der Waals surface area contributed by atoms with Crippen LogP contribution in [0.2, 0.25) is 0 Å². The van der Waals surface area contributed by atoms with Gasteiger partial charge < -0.3 is 19.7 Å². The van der Waals surface area contributed by atoms with Crippen molar-refractivity contribution in [2.45, 2.75) is 12.5 Å². The molecule has 0 saturated heterocycles. The van der Waals surface area contributed by atoms with Crippen molar-refractivity contribution in [3.8, 4) is 11.5 Å². The maximum atomic E-state index is 14.8. The Balaban J connectivity index is 1.80. The molecule has 0 aromatic heterocycles. The van der Waals surface area contributed by atoms with Gasteiger partial charge in [-0.3, -0.25) is 0 Å². The number of urea groups is 1. The number of hydrogen-bond acceptors (Lipinski definition) is 3. The molecule has 1 atom stereocenters. The van der Waals surface area contributed by atoms with Crippen molar-refractivity contribution in [1.82, 2.24) is 4.90 Å². The molecule has 1 heterocycles. The molecule has 30 heavy (non-hydrogen) atoms. The lowest BCUT2D eigenvalue weighted by molar-refractivity contribution is 0.192. The summed E-state index contributed by atoms with van der Waals surface area (Å²) in [6.45, 7) is 0.445. The summed E-state index contributed by atoms with van der Waals surface area (Å²) < 4.78 is 25.7. The quantitative estimate of drug-likeness (QED) is 0.662. The molecule has 0 bridgehead atoms. The van der Waals surface area contributed by atoms with Crippen LogP contribution in [0.4, 0.5) is 14.9 Å². The minimum atomic E-state index is -0.585. The third-order valence-corrected chi connectivity index (χ3v) is 5.36. The van der Waals surface area contributed by atoms with E-state index in [0.717, 1.165) is 11.1 Å². The maximum absolute atomic E-state index is 14.8. The van der Waals surface area contributed by atoms with Gasteiger partial charge in [0.05, 0.1) is 20.3 Å². The van der Waals surface area contributed by atoms with E-state index in [1.807, 2.05) is 42.5 Å². The van der Waals surface area contributed by atoms with Gasteiger partial charge >= 0.3 is 6.03 Å². The number of nitrogens with one attached hydrogen (secondary N) is 1. The van der Waals surface area contributed by atoms with Crippen molar-refractivity contribution in [3.05, 3.63) is 89.2 Å². The predicted octanol–water partition coefficient (Wildman–Crippen LogP) is 5.02. The van der Waals surface area contributed by atoms with E-state index < -0.39 is 6.04 Å². The molecule has 5 nitrogen and oxygen atoms in total. The Morgan fingerprint density at radius 1 is 0.967 bits per heavy atom. The van der Waals surface area contributed by atoms with Gasteiger partial charge in [-0.15, -0.1) is 0 Å². The number of hydrogen-bond donors (Lipinski definition) is 1. The molecule has 0 radical (unpaired) electrons. The topological polar surface area (TPSA) is 50.8 Å². The molecular formula is C24H23FN2O3. The number of rotatable bonds is 4. The predicted molar refractivity (Wildman–Crippen MR) is 114 cm³/mol. The van der Waals surface area contributed by atoms with Gasteiger partial charge in [0.1, 0.15) is 5.82 Å². The first-order valence-electron chi connectivity index (χ1n) is 9.74. The Hall–Kier alpha value is -3.54. The van der Waals surface area contributed by atoms with E-state index in [1.54, 1.807) is 37.3 Å². The second-order valence-corrected chi connectivity index (χ2v) is 7.07. The molecule has 3 aromatic rings. The summed E-state index contributed by atoms with van der Waals surface area (Å²) in [5.41, 5.74) is 2.96. The lowest BCUT2D eigenvalue weighted by Crippen LogP contribution is -2.43. The third kappa shape index (κ3) is 3.68. The molecule has 2 amide bonds. The standard InChI is InChI=1S/C24H23FN2O3/c1-29-21-14-16-12-13-27(24(28)26-17-8-4-3-5-9-17)23(19(16)15-22(21)30-2)18-10-6-7-11-20(18)25/h3-11,14-15,23H,12-13H2,1-2H3,(H,26,28)/t23-/m0/s1. The van der Waals surface area contributed by atoms with Crippen LogP contribution in [0, 0.1) is 5.82 Å². The van der Waals surface area contributed by atoms with Gasteiger partial charge in [0, 0.05) is 17.8 Å². The number of anilines is 1. The molecular weight excluding hydrogens is 383 g/mol. The smallest absolute Gasteiger partial charge is 0.322 e. The number of fused-ring (bicyclic) bond motifs is 1. The van der Waals surface area contributed by atoms with Crippen LogP contribution in [0.15, 0.2) is 66.7 Å². The van der Waals surface area contributed by atoms with Gasteiger partial charge in [-0.1, -0.05) is 36.4 Å². The number of benzene rings is 3. The lowest BCUT2D eigenvalue weighted by Gasteiger charge is -2.38. The van der Waals surface area contributed by atoms with Gasteiger partial charge in [-0.25, -0.2) is 9.18 Å². The zero-order valence-corrected chi connectivity index (χ0v) is 16.9. The van der Waals surface area contributed by atoms with Crippen molar-refractivity contribution >= 4 is 11.7 Å². The molecule has 4 rings (SSSR count). The summed E-state index contributed by atoms with van der Waals surface area (Å²) in [6, 6.07) is 18.7. The van der Waals surface area contributed by atoms with E-state index in [2.05, 4.69) is 5.32 Å². The Bertz CT molecular complexity index is 1060. The van der Waals surface area contributed by atoms with Gasteiger partial charge in [-0.2, -0.15) is 0 Å². The van der Waals surface area contributed by atoms with Crippen LogP contribution >= 0.6 is 0 Å². The second kappa shape index (κ2) is 8.45. The Morgan fingerprint density at radius 2 is 1.63 bits per heavy atom. The molecule has 0 aliphatic carbocycles. The fourth-order valence-corrected chi connectivity index (χ4v) is 3.91. The average Bonchev–Trinajstić information content (AvgIpc) is 2.78. The van der Waals surface area contributed by atoms with Crippen molar-refractivity contribution in [1.29, 1.82) is 0 Å². The summed E-state index contributed by atoms with van der Waals surface area (Å²) in [5.74, 6) is 0.802. The minimum Gasteiger partial charge on any atom is -0.493 e. The first-order chi connectivity index (χ1) is 14.6. The Labute approximate surface area is 175 Å². The molecule has 0 unspecified atom stereocenters. The average molecular weight is 406 g/mol. The highest BCUT2D eigenvalue weighted by Crippen LogP contribution is 2.41. The minimum absolute atomic E-state index is 0.283. The lowest BCUT2D eigenvalue weighted by atomic mass is 9.87. The Morgan fingerprint density at radius 3 is 2.33 bits per heavy atom. The highest BCUT2D eigenvalue weighted by atomic mass is 19.1. The van der Waals surface area contributed by atoms with Crippen molar-refractivity contribution in [2.24, 2.45) is 0 Å². The zero-order chi connectivity index (χ0) is 21.1. The summed E-state index contributed by atoms with van der Waals surface area (Å²) in [4.78, 5) is 14.9. The number of carbonyl (C=O) groups is 1. The third-order valence-electron chi connectivity index (χ3n) is 5.36. The van der Waals surface area contributed by atoms with E-state index in [1.165, 1.54) is 6.07 Å². The SMILES string of the molecule is COc1cc2c(cc1OC)[C@H](c1ccccc1F)N(C(=O)Nc1ccccc1)CC2. The van der Waals surface area contributed by atoms with E-state index >= 15 is 0 Å². The van der Waals surface area contributed by atoms with Crippen molar-refractivity contribution in [3.63, 3.8) is 0 Å². The van der Waals surface area contributed by atoms with Crippen molar-refractivity contribution in [2.75, 3.05) is 26.1 Å². The van der Waals surface area contributed by atoms with E-state index in [-0.39, 0.29) is 11.8 Å². The number of halogens is 1. The van der Waals surface area contributed by atoms with E-state index in [9.17, 15) is 9.18 Å². The van der Waals surface area contributed by atoms with E-state index in [0.29, 0.717) is 35.7 Å². The number of para-hydroxylation sites is 1. The fraction of sp³-hybridized carbons (Fsp3) is 0.208. The summed E-state index contributed by atoms with van der Waals surface area (Å²) >= 11 is 0. The van der Waals surface area contributed by atoms with Crippen LogP contribution in [0.25, 0.3) is 0 Å². The first kappa shape index (κ1) is 19.8. The number of carbonyl (C=O) groups excluding carboxylic acids is 1. The molecule has 0 spiro atoms. The highest BCUT2D eigenvalue weighted by molar-refractivity contribution is 5.90. The largest absolute Gasteiger partial charge is 0.493 e. The second-order valence-electron chi connectivity index (χ2n) is 7.07. The number of ether oxygens (including phenoxy) is 2. The van der Waals surface area contributed by atoms with Crippen LogP contribution in [0.1, 0.15) is 22.7 Å². The fourth-order valence-electron chi connectivity index (χ4n) is 3.91. The van der Waals surface area contributed by atoms with Crippen LogP contribution in [0.3, 0.4) is 0 Å². The molecule has 0 fully saturated rings. The molecule has 0 saturated carbocycles. The zero-order valence-electron chi connectivity index (χ0n) is 16.9. The monoisotopic (exact) mass is 406 g/mol. The van der Waals surface area contributed by atoms with Crippen LogP contribution in [-0.4, -0.2) is 31.7 Å². The molecule has 6 heteroatoms. The summed E-state index contributed by atoms with van der Waals surface area (Å²) in [7, 11) is 3.14. The summed E-state index contributed by atoms with van der Waals surface area (Å²) in [5, 5.41) is 2.92. The van der Waals surface area contributed by atoms with E-state index in [4.69, 9.17) is 9.47 Å². The number of nitrogens with zero attached hydrogens (tertiary/aromatic N) is 1. The number of methoxy groups -OCH3 is 2. The van der Waals surface area contributed by atoms with Gasteiger partial charge in [-0.05, 0) is 47.9 Å². The molecule has 1 N–H and O–H groups in total. The van der Waals surface area contributed by atoms with Crippen LogP contribution < -0.4 is 14.8 Å². The van der Waals surface area contributed by atoms with Crippen LogP contribution in [-0.2, 0) is 6.42 Å². The maximum Gasteiger partial charge on any atom is 0.322 e. The number of amides is 2. The Kier molecular flexibility index (Phi) is 5.57.